The highest BCUT2D eigenvalue weighted by Crippen LogP contribution is 2.16. The van der Waals surface area contributed by atoms with Gasteiger partial charge in [0.1, 0.15) is 0 Å². The van der Waals surface area contributed by atoms with E-state index in [2.05, 4.69) is 20.8 Å². The summed E-state index contributed by atoms with van der Waals surface area (Å²) in [5.41, 5.74) is 0. The Morgan fingerprint density at radius 2 is 0.838 bits per heavy atom. The number of unbranched alkanes of at least 4 members (excludes halogenated alkanes) is 24. The number of ether oxygens (including phenoxy) is 1. The van der Waals surface area contributed by atoms with E-state index in [1.54, 1.807) is 0 Å². The van der Waals surface area contributed by atoms with Gasteiger partial charge in [-0.15, -0.1) is 0 Å². The van der Waals surface area contributed by atoms with Crippen LogP contribution >= 0.6 is 0 Å². The molecule has 0 spiro atoms. The van der Waals surface area contributed by atoms with Crippen LogP contribution in [0.4, 0.5) is 0 Å². The lowest BCUT2D eigenvalue weighted by atomic mass is 9.99. The quantitative estimate of drug-likeness (QED) is 0.0668. The number of hydrogen-bond donors (Lipinski definition) is 0. The first-order chi connectivity index (χ1) is 18.2. The molecule has 37 heavy (non-hydrogen) atoms. The summed E-state index contributed by atoms with van der Waals surface area (Å²) in [6.07, 6.45) is 38.7. The van der Waals surface area contributed by atoms with Crippen LogP contribution in [0.5, 0.6) is 0 Å². The Bertz CT molecular complexity index is 433. The van der Waals surface area contributed by atoms with Crippen molar-refractivity contribution in [3.05, 3.63) is 0 Å². The summed E-state index contributed by atoms with van der Waals surface area (Å²) in [5.74, 6) is 0.956. The average molecular weight is 523 g/mol. The first-order valence-corrected chi connectivity index (χ1v) is 17.4. The number of carbonyl (C=O) groups excluding carboxylic acids is 1. The molecule has 0 N–H and O–H groups in total. The van der Waals surface area contributed by atoms with Crippen molar-refractivity contribution in [3.8, 4) is 0 Å². The summed E-state index contributed by atoms with van der Waals surface area (Å²) in [7, 11) is 0. The van der Waals surface area contributed by atoms with Gasteiger partial charge in [-0.3, -0.25) is 4.79 Å². The van der Waals surface area contributed by atoms with Crippen LogP contribution in [0.3, 0.4) is 0 Å². The molecule has 0 fully saturated rings. The number of esters is 1. The molecule has 0 bridgehead atoms. The zero-order valence-corrected chi connectivity index (χ0v) is 26.1. The van der Waals surface area contributed by atoms with Gasteiger partial charge < -0.3 is 4.74 Å². The Labute approximate surface area is 234 Å². The maximum absolute atomic E-state index is 11.8. The van der Waals surface area contributed by atoms with Crippen LogP contribution in [-0.2, 0) is 9.53 Å². The second-order valence-electron chi connectivity index (χ2n) is 12.1. The molecular formula is C35H70O2. The largest absolute Gasteiger partial charge is 0.466 e. The van der Waals surface area contributed by atoms with E-state index in [4.69, 9.17) is 4.74 Å². The molecule has 0 aliphatic carbocycles. The molecular weight excluding hydrogens is 452 g/mol. The molecule has 0 rings (SSSR count). The molecule has 0 radical (unpaired) electrons. The van der Waals surface area contributed by atoms with Crippen molar-refractivity contribution in [3.63, 3.8) is 0 Å². The number of rotatable bonds is 31. The van der Waals surface area contributed by atoms with Crippen molar-refractivity contribution in [2.45, 2.75) is 207 Å². The zero-order chi connectivity index (χ0) is 27.1. The Hall–Kier alpha value is -0.530. The van der Waals surface area contributed by atoms with Crippen LogP contribution in [0.2, 0.25) is 0 Å². The standard InChI is InChI=1S/C35H70O2/c1-4-6-7-8-9-19-23-26-29-32-35(36)37-33-30-27-24-21-18-16-14-12-10-11-13-15-17-20-22-25-28-31-34(3)5-2/h34H,4-33H2,1-3H3. The zero-order valence-electron chi connectivity index (χ0n) is 26.1. The van der Waals surface area contributed by atoms with Gasteiger partial charge in [0.05, 0.1) is 6.61 Å². The highest BCUT2D eigenvalue weighted by Gasteiger charge is 2.03. The predicted octanol–water partition coefficient (Wildman–Crippen LogP) is 12.5. The summed E-state index contributed by atoms with van der Waals surface area (Å²) < 4.78 is 5.42. The molecule has 0 aromatic carbocycles. The van der Waals surface area contributed by atoms with Crippen molar-refractivity contribution in [2.75, 3.05) is 6.61 Å². The molecule has 0 saturated carbocycles. The molecule has 2 heteroatoms. The van der Waals surface area contributed by atoms with Gasteiger partial charge in [-0.1, -0.05) is 188 Å². The topological polar surface area (TPSA) is 26.3 Å². The van der Waals surface area contributed by atoms with Crippen LogP contribution in [0.1, 0.15) is 207 Å². The lowest BCUT2D eigenvalue weighted by Gasteiger charge is -2.07. The first kappa shape index (κ1) is 36.5. The number of hydrogen-bond acceptors (Lipinski definition) is 2. The van der Waals surface area contributed by atoms with Crippen molar-refractivity contribution < 1.29 is 9.53 Å². The van der Waals surface area contributed by atoms with E-state index in [1.807, 2.05) is 0 Å². The summed E-state index contributed by atoms with van der Waals surface area (Å²) >= 11 is 0. The van der Waals surface area contributed by atoms with E-state index in [9.17, 15) is 4.79 Å². The van der Waals surface area contributed by atoms with Gasteiger partial charge in [-0.05, 0) is 18.8 Å². The second-order valence-corrected chi connectivity index (χ2v) is 12.1. The summed E-state index contributed by atoms with van der Waals surface area (Å²) in [5, 5.41) is 0. The Morgan fingerprint density at radius 1 is 0.486 bits per heavy atom. The molecule has 0 aliphatic rings. The third kappa shape index (κ3) is 31.6. The van der Waals surface area contributed by atoms with Gasteiger partial charge in [0.15, 0.2) is 0 Å². The third-order valence-corrected chi connectivity index (χ3v) is 8.29. The fourth-order valence-electron chi connectivity index (χ4n) is 5.29. The van der Waals surface area contributed by atoms with Gasteiger partial charge in [-0.2, -0.15) is 0 Å². The Balaban J connectivity index is 3.13. The molecule has 0 aromatic heterocycles. The van der Waals surface area contributed by atoms with E-state index >= 15 is 0 Å². The van der Waals surface area contributed by atoms with Crippen LogP contribution in [0, 0.1) is 5.92 Å². The molecule has 0 heterocycles. The van der Waals surface area contributed by atoms with Crippen molar-refractivity contribution in [1.29, 1.82) is 0 Å². The lowest BCUT2D eigenvalue weighted by molar-refractivity contribution is -0.143. The highest BCUT2D eigenvalue weighted by atomic mass is 16.5. The van der Waals surface area contributed by atoms with Gasteiger partial charge in [0, 0.05) is 6.42 Å². The maximum atomic E-state index is 11.8. The van der Waals surface area contributed by atoms with Gasteiger partial charge in [0.25, 0.3) is 0 Å². The van der Waals surface area contributed by atoms with E-state index < -0.39 is 0 Å². The smallest absolute Gasteiger partial charge is 0.305 e. The Kier molecular flexibility index (Phi) is 31.2. The van der Waals surface area contributed by atoms with Crippen LogP contribution in [0.25, 0.3) is 0 Å². The number of carbonyl (C=O) groups is 1. The lowest BCUT2D eigenvalue weighted by Crippen LogP contribution is -2.05. The van der Waals surface area contributed by atoms with Gasteiger partial charge in [0.2, 0.25) is 0 Å². The molecule has 0 saturated heterocycles. The van der Waals surface area contributed by atoms with Crippen LogP contribution < -0.4 is 0 Å². The minimum atomic E-state index is 0.0236. The fourth-order valence-corrected chi connectivity index (χ4v) is 5.29. The normalized spacial score (nSPS) is 12.2. The maximum Gasteiger partial charge on any atom is 0.305 e. The van der Waals surface area contributed by atoms with E-state index in [1.165, 1.54) is 167 Å². The second kappa shape index (κ2) is 31.7. The molecule has 222 valence electrons. The molecule has 1 unspecified atom stereocenters. The summed E-state index contributed by atoms with van der Waals surface area (Å²) in [4.78, 5) is 11.8. The minimum Gasteiger partial charge on any atom is -0.466 e. The highest BCUT2D eigenvalue weighted by molar-refractivity contribution is 5.69. The molecule has 2 nitrogen and oxygen atoms in total. The van der Waals surface area contributed by atoms with Crippen molar-refractivity contribution in [2.24, 2.45) is 5.92 Å². The molecule has 0 amide bonds. The summed E-state index contributed by atoms with van der Waals surface area (Å²) in [6.45, 7) is 7.61. The first-order valence-electron chi connectivity index (χ1n) is 17.4. The van der Waals surface area contributed by atoms with Gasteiger partial charge in [-0.25, -0.2) is 0 Å². The van der Waals surface area contributed by atoms with Gasteiger partial charge >= 0.3 is 5.97 Å². The molecule has 0 aromatic rings. The molecule has 0 aliphatic heterocycles. The fraction of sp³-hybridized carbons (Fsp3) is 0.971. The monoisotopic (exact) mass is 523 g/mol. The summed E-state index contributed by atoms with van der Waals surface area (Å²) in [6, 6.07) is 0. The molecule has 1 atom stereocenters. The minimum absolute atomic E-state index is 0.0236. The third-order valence-electron chi connectivity index (χ3n) is 8.29. The van der Waals surface area contributed by atoms with E-state index in [0.717, 1.165) is 18.8 Å². The van der Waals surface area contributed by atoms with Crippen LogP contribution in [-0.4, -0.2) is 12.6 Å². The average Bonchev–Trinajstić information content (AvgIpc) is 2.90. The predicted molar refractivity (Wildman–Crippen MR) is 165 cm³/mol. The van der Waals surface area contributed by atoms with Crippen molar-refractivity contribution in [1.82, 2.24) is 0 Å². The van der Waals surface area contributed by atoms with Crippen molar-refractivity contribution >= 4 is 5.97 Å². The van der Waals surface area contributed by atoms with Crippen LogP contribution in [0.15, 0.2) is 0 Å². The Morgan fingerprint density at radius 3 is 1.24 bits per heavy atom. The van der Waals surface area contributed by atoms with E-state index in [-0.39, 0.29) is 5.97 Å². The van der Waals surface area contributed by atoms with E-state index in [0.29, 0.717) is 13.0 Å². The SMILES string of the molecule is CCCCCCCCCCCC(=O)OCCCCCCCCCCCCCCCCCCCC(C)CC.